The van der Waals surface area contributed by atoms with E-state index in [1.165, 1.54) is 7.11 Å². The number of hydrogen-bond acceptors (Lipinski definition) is 8. The minimum absolute atomic E-state index is 0.0221. The lowest BCUT2D eigenvalue weighted by atomic mass is 9.65. The molecule has 1 aliphatic carbocycles. The van der Waals surface area contributed by atoms with E-state index in [2.05, 4.69) is 0 Å². The molecule has 0 radical (unpaired) electrons. The molecule has 3 aliphatic rings. The molecular formula is C18H21NO8. The van der Waals surface area contributed by atoms with Crippen molar-refractivity contribution >= 4 is 5.97 Å². The number of carbonyl (C=O) groups excluding carboxylic acids is 1. The quantitative estimate of drug-likeness (QED) is 0.444. The van der Waals surface area contributed by atoms with E-state index in [1.807, 2.05) is 0 Å². The summed E-state index contributed by atoms with van der Waals surface area (Å²) in [5.74, 6) is -1.04. The molecule has 27 heavy (non-hydrogen) atoms. The van der Waals surface area contributed by atoms with Crippen LogP contribution >= 0.6 is 0 Å². The molecule has 146 valence electrons. The SMILES string of the molecule is COC(=O)C[C@@H]1CCC2(C[C@]1(c1ccc3c(c1)OCO3)[N+](=O)[O-])OCCO2. The van der Waals surface area contributed by atoms with Crippen LogP contribution in [0.1, 0.15) is 31.2 Å². The van der Waals surface area contributed by atoms with E-state index >= 15 is 0 Å². The van der Waals surface area contributed by atoms with Gasteiger partial charge in [-0.2, -0.15) is 0 Å². The zero-order valence-corrected chi connectivity index (χ0v) is 15.0. The van der Waals surface area contributed by atoms with Crippen LogP contribution in [0.3, 0.4) is 0 Å². The first kappa shape index (κ1) is 18.0. The molecule has 2 fully saturated rings. The second-order valence-corrected chi connectivity index (χ2v) is 7.05. The Morgan fingerprint density at radius 2 is 2.04 bits per heavy atom. The molecule has 0 amide bonds. The topological polar surface area (TPSA) is 106 Å². The fourth-order valence-electron chi connectivity index (χ4n) is 4.40. The van der Waals surface area contributed by atoms with Crippen molar-refractivity contribution in [3.05, 3.63) is 33.9 Å². The van der Waals surface area contributed by atoms with Gasteiger partial charge in [-0.15, -0.1) is 0 Å². The summed E-state index contributed by atoms with van der Waals surface area (Å²) in [5, 5.41) is 12.5. The number of esters is 1. The van der Waals surface area contributed by atoms with E-state index in [-0.39, 0.29) is 24.6 Å². The van der Waals surface area contributed by atoms with E-state index < -0.39 is 23.2 Å². The molecular weight excluding hydrogens is 358 g/mol. The molecule has 2 aliphatic heterocycles. The first-order valence-electron chi connectivity index (χ1n) is 8.88. The van der Waals surface area contributed by atoms with E-state index in [9.17, 15) is 14.9 Å². The number of nitro groups is 1. The molecule has 1 saturated heterocycles. The number of nitrogens with zero attached hydrogens (tertiary/aromatic N) is 1. The maximum Gasteiger partial charge on any atom is 0.306 e. The average molecular weight is 379 g/mol. The lowest BCUT2D eigenvalue weighted by molar-refractivity contribution is -0.603. The highest BCUT2D eigenvalue weighted by Gasteiger charge is 2.62. The molecule has 9 heteroatoms. The Morgan fingerprint density at radius 1 is 1.30 bits per heavy atom. The van der Waals surface area contributed by atoms with Crippen LogP contribution in [0.25, 0.3) is 0 Å². The summed E-state index contributed by atoms with van der Waals surface area (Å²) >= 11 is 0. The van der Waals surface area contributed by atoms with Crippen molar-refractivity contribution in [1.82, 2.24) is 0 Å². The summed E-state index contributed by atoms with van der Waals surface area (Å²) in [6.45, 7) is 0.874. The number of rotatable bonds is 4. The van der Waals surface area contributed by atoms with E-state index in [0.717, 1.165) is 0 Å². The number of hydrogen-bond donors (Lipinski definition) is 0. The molecule has 9 nitrogen and oxygen atoms in total. The van der Waals surface area contributed by atoms with Crippen LogP contribution in [0.4, 0.5) is 0 Å². The van der Waals surface area contributed by atoms with Gasteiger partial charge in [0.2, 0.25) is 6.79 Å². The van der Waals surface area contributed by atoms with Crippen molar-refractivity contribution in [3.8, 4) is 11.5 Å². The van der Waals surface area contributed by atoms with Crippen LogP contribution in [0.15, 0.2) is 18.2 Å². The predicted octanol–water partition coefficient (Wildman–Crippen LogP) is 1.99. The van der Waals surface area contributed by atoms with Gasteiger partial charge in [-0.25, -0.2) is 0 Å². The number of ether oxygens (including phenoxy) is 5. The minimum atomic E-state index is -1.56. The van der Waals surface area contributed by atoms with Gasteiger partial charge in [0.05, 0.1) is 33.2 Å². The average Bonchev–Trinajstić information content (AvgIpc) is 3.31. The Kier molecular flexibility index (Phi) is 4.43. The normalized spacial score (nSPS) is 28.3. The largest absolute Gasteiger partial charge is 0.469 e. The Morgan fingerprint density at radius 3 is 2.74 bits per heavy atom. The minimum Gasteiger partial charge on any atom is -0.469 e. The molecule has 2 atom stereocenters. The van der Waals surface area contributed by atoms with Crippen molar-refractivity contribution < 1.29 is 33.4 Å². The van der Waals surface area contributed by atoms with Gasteiger partial charge in [-0.1, -0.05) is 0 Å². The summed E-state index contributed by atoms with van der Waals surface area (Å²) in [6, 6.07) is 4.95. The predicted molar refractivity (Wildman–Crippen MR) is 89.8 cm³/mol. The summed E-state index contributed by atoms with van der Waals surface area (Å²) < 4.78 is 27.1. The Hall–Kier alpha value is -2.39. The van der Waals surface area contributed by atoms with Gasteiger partial charge in [0.25, 0.3) is 5.54 Å². The summed E-state index contributed by atoms with van der Waals surface area (Å²) in [4.78, 5) is 24.1. The molecule has 0 unspecified atom stereocenters. The highest BCUT2D eigenvalue weighted by atomic mass is 16.7. The number of fused-ring (bicyclic) bond motifs is 1. The van der Waals surface area contributed by atoms with Gasteiger partial charge < -0.3 is 23.7 Å². The van der Waals surface area contributed by atoms with Crippen molar-refractivity contribution in [2.45, 2.75) is 37.0 Å². The molecule has 1 aromatic carbocycles. The van der Waals surface area contributed by atoms with Crippen molar-refractivity contribution in [2.75, 3.05) is 27.1 Å². The highest BCUT2D eigenvalue weighted by Crippen LogP contribution is 2.53. The van der Waals surface area contributed by atoms with Crippen molar-refractivity contribution in [1.29, 1.82) is 0 Å². The molecule has 2 heterocycles. The Bertz CT molecular complexity index is 760. The van der Waals surface area contributed by atoms with Gasteiger partial charge in [-0.05, 0) is 24.6 Å². The van der Waals surface area contributed by atoms with Crippen molar-refractivity contribution in [2.24, 2.45) is 5.92 Å². The van der Waals surface area contributed by atoms with Gasteiger partial charge >= 0.3 is 5.97 Å². The molecule has 0 N–H and O–H groups in total. The van der Waals surface area contributed by atoms with E-state index in [0.29, 0.717) is 43.1 Å². The fourth-order valence-corrected chi connectivity index (χ4v) is 4.40. The number of methoxy groups -OCH3 is 1. The van der Waals surface area contributed by atoms with Crippen LogP contribution in [0.2, 0.25) is 0 Å². The first-order valence-corrected chi connectivity index (χ1v) is 8.88. The lowest BCUT2D eigenvalue weighted by Crippen LogP contribution is -2.54. The Balaban J connectivity index is 1.80. The third-order valence-electron chi connectivity index (χ3n) is 5.74. The van der Waals surface area contributed by atoms with Crippen LogP contribution in [-0.2, 0) is 24.5 Å². The third kappa shape index (κ3) is 2.90. The fraction of sp³-hybridized carbons (Fsp3) is 0.611. The smallest absolute Gasteiger partial charge is 0.306 e. The first-order chi connectivity index (χ1) is 13.0. The van der Waals surface area contributed by atoms with Gasteiger partial charge in [0.1, 0.15) is 0 Å². The molecule has 1 aromatic rings. The van der Waals surface area contributed by atoms with Crippen LogP contribution in [0, 0.1) is 16.0 Å². The van der Waals surface area contributed by atoms with Gasteiger partial charge in [0.15, 0.2) is 17.3 Å². The zero-order chi connectivity index (χ0) is 19.1. The molecule has 1 saturated carbocycles. The van der Waals surface area contributed by atoms with Crippen LogP contribution in [0.5, 0.6) is 11.5 Å². The molecule has 1 spiro atoms. The number of benzene rings is 1. The summed E-state index contributed by atoms with van der Waals surface area (Å²) in [6.07, 6.45) is 0.871. The summed E-state index contributed by atoms with van der Waals surface area (Å²) in [7, 11) is 1.28. The molecule has 4 rings (SSSR count). The van der Waals surface area contributed by atoms with E-state index in [4.69, 9.17) is 23.7 Å². The summed E-state index contributed by atoms with van der Waals surface area (Å²) in [5.41, 5.74) is -1.11. The van der Waals surface area contributed by atoms with E-state index in [1.54, 1.807) is 18.2 Å². The van der Waals surface area contributed by atoms with Gasteiger partial charge in [-0.3, -0.25) is 14.9 Å². The van der Waals surface area contributed by atoms with Gasteiger partial charge in [0, 0.05) is 22.8 Å². The lowest BCUT2D eigenvalue weighted by Gasteiger charge is -2.44. The van der Waals surface area contributed by atoms with Crippen molar-refractivity contribution in [3.63, 3.8) is 0 Å². The van der Waals surface area contributed by atoms with Crippen LogP contribution < -0.4 is 9.47 Å². The maximum absolute atomic E-state index is 12.5. The second-order valence-electron chi connectivity index (χ2n) is 7.05. The monoisotopic (exact) mass is 379 g/mol. The molecule has 0 aromatic heterocycles. The second kappa shape index (κ2) is 6.65. The van der Waals surface area contributed by atoms with Crippen LogP contribution in [-0.4, -0.2) is 43.8 Å². The highest BCUT2D eigenvalue weighted by molar-refractivity contribution is 5.69. The maximum atomic E-state index is 12.5. The zero-order valence-electron chi connectivity index (χ0n) is 15.0. The third-order valence-corrected chi connectivity index (χ3v) is 5.74. The number of carbonyl (C=O) groups is 1. The molecule has 0 bridgehead atoms. The standard InChI is InChI=1S/C18H21NO8/c1-23-16(20)9-13-4-5-17(26-6-7-27-17)10-18(13,19(21)22)12-2-3-14-15(8-12)25-11-24-14/h2-3,8,13H,4-7,9-11H2,1H3/t13-,18+/m0/s1. The Labute approximate surface area is 155 Å².